The highest BCUT2D eigenvalue weighted by atomic mass is 32.1. The highest BCUT2D eigenvalue weighted by molar-refractivity contribution is 7.11. The molecule has 3 rings (SSSR count). The number of benzene rings is 2. The first-order chi connectivity index (χ1) is 11.7. The highest BCUT2D eigenvalue weighted by Crippen LogP contribution is 2.21. The van der Waals surface area contributed by atoms with Crippen molar-refractivity contribution in [3.8, 4) is 0 Å². The van der Waals surface area contributed by atoms with Gasteiger partial charge in [0, 0.05) is 17.0 Å². The van der Waals surface area contributed by atoms with Gasteiger partial charge in [-0.25, -0.2) is 4.39 Å². The van der Waals surface area contributed by atoms with Gasteiger partial charge in [-0.3, -0.25) is 4.79 Å². The van der Waals surface area contributed by atoms with E-state index in [1.54, 1.807) is 23.5 Å². The van der Waals surface area contributed by atoms with Crippen LogP contribution in [-0.4, -0.2) is 5.91 Å². The Labute approximate surface area is 144 Å². The summed E-state index contributed by atoms with van der Waals surface area (Å²) in [7, 11) is 0. The first kappa shape index (κ1) is 16.1. The second-order valence-corrected chi connectivity index (χ2v) is 6.23. The molecule has 1 heterocycles. The minimum Gasteiger partial charge on any atom is -0.348 e. The molecule has 0 saturated carbocycles. The Balaban J connectivity index is 1.80. The standard InChI is InChI=1S/C20H16FNOS/c21-17-10-8-15(9-11-17)14-22-20(23)19(13-18-7-4-12-24-18)16-5-2-1-3-6-16/h1-13H,14H2,(H,22,23)/b19-13+. The van der Waals surface area contributed by atoms with Crippen molar-refractivity contribution in [2.75, 3.05) is 0 Å². The third-order valence-corrected chi connectivity index (χ3v) is 4.34. The van der Waals surface area contributed by atoms with Crippen LogP contribution in [0.25, 0.3) is 11.6 Å². The summed E-state index contributed by atoms with van der Waals surface area (Å²) in [6.07, 6.45) is 1.89. The largest absolute Gasteiger partial charge is 0.348 e. The summed E-state index contributed by atoms with van der Waals surface area (Å²) in [6.45, 7) is 0.355. The van der Waals surface area contributed by atoms with Gasteiger partial charge in [0.1, 0.15) is 5.82 Å². The second-order valence-electron chi connectivity index (χ2n) is 5.25. The van der Waals surface area contributed by atoms with Crippen LogP contribution in [0.4, 0.5) is 4.39 Å². The molecule has 24 heavy (non-hydrogen) atoms. The minimum absolute atomic E-state index is 0.154. The van der Waals surface area contributed by atoms with Gasteiger partial charge in [0.25, 0.3) is 5.91 Å². The van der Waals surface area contributed by atoms with Gasteiger partial charge in [-0.05, 0) is 40.8 Å². The number of hydrogen-bond donors (Lipinski definition) is 1. The molecule has 0 radical (unpaired) electrons. The van der Waals surface area contributed by atoms with Gasteiger partial charge >= 0.3 is 0 Å². The van der Waals surface area contributed by atoms with Crippen LogP contribution < -0.4 is 5.32 Å². The Morgan fingerprint density at radius 2 is 1.75 bits per heavy atom. The van der Waals surface area contributed by atoms with Crippen molar-refractivity contribution in [3.05, 3.63) is 93.9 Å². The molecular formula is C20H16FNOS. The molecular weight excluding hydrogens is 321 g/mol. The Hall–Kier alpha value is -2.72. The Kier molecular flexibility index (Phi) is 5.18. The maximum atomic E-state index is 13.0. The number of nitrogens with one attached hydrogen (secondary N) is 1. The number of thiophene rings is 1. The number of carbonyl (C=O) groups excluding carboxylic acids is 1. The quantitative estimate of drug-likeness (QED) is 0.669. The molecule has 0 saturated heterocycles. The molecule has 0 aliphatic heterocycles. The number of amides is 1. The third kappa shape index (κ3) is 4.18. The molecule has 2 nitrogen and oxygen atoms in total. The summed E-state index contributed by atoms with van der Waals surface area (Å²) in [5.74, 6) is -0.438. The highest BCUT2D eigenvalue weighted by Gasteiger charge is 2.12. The van der Waals surface area contributed by atoms with E-state index in [0.29, 0.717) is 12.1 Å². The predicted molar refractivity (Wildman–Crippen MR) is 96.9 cm³/mol. The van der Waals surface area contributed by atoms with E-state index in [-0.39, 0.29) is 11.7 Å². The van der Waals surface area contributed by atoms with E-state index in [1.165, 1.54) is 12.1 Å². The third-order valence-electron chi connectivity index (χ3n) is 3.53. The van der Waals surface area contributed by atoms with E-state index in [2.05, 4.69) is 5.32 Å². The van der Waals surface area contributed by atoms with Crippen molar-refractivity contribution in [1.29, 1.82) is 0 Å². The average molecular weight is 337 g/mol. The fourth-order valence-electron chi connectivity index (χ4n) is 2.29. The van der Waals surface area contributed by atoms with E-state index in [0.717, 1.165) is 16.0 Å². The molecule has 0 unspecified atom stereocenters. The van der Waals surface area contributed by atoms with Gasteiger partial charge < -0.3 is 5.32 Å². The van der Waals surface area contributed by atoms with Crippen LogP contribution in [0.5, 0.6) is 0 Å². The number of rotatable bonds is 5. The smallest absolute Gasteiger partial charge is 0.252 e. The Morgan fingerprint density at radius 1 is 1.00 bits per heavy atom. The molecule has 1 N–H and O–H groups in total. The molecule has 4 heteroatoms. The van der Waals surface area contributed by atoms with Crippen LogP contribution in [0.3, 0.4) is 0 Å². The fourth-order valence-corrected chi connectivity index (χ4v) is 2.95. The maximum Gasteiger partial charge on any atom is 0.252 e. The zero-order valence-electron chi connectivity index (χ0n) is 12.9. The van der Waals surface area contributed by atoms with Crippen molar-refractivity contribution >= 4 is 28.9 Å². The summed E-state index contributed by atoms with van der Waals surface area (Å²) >= 11 is 1.58. The minimum atomic E-state index is -0.285. The van der Waals surface area contributed by atoms with Crippen LogP contribution in [0.15, 0.2) is 72.1 Å². The summed E-state index contributed by atoms with van der Waals surface area (Å²) in [5.41, 5.74) is 2.33. The first-order valence-electron chi connectivity index (χ1n) is 7.55. The molecule has 120 valence electrons. The fraction of sp³-hybridized carbons (Fsp3) is 0.0500. The van der Waals surface area contributed by atoms with E-state index in [4.69, 9.17) is 0 Å². The lowest BCUT2D eigenvalue weighted by Crippen LogP contribution is -2.23. The Bertz CT molecular complexity index is 824. The summed E-state index contributed by atoms with van der Waals surface area (Å²) in [6, 6.07) is 19.6. The van der Waals surface area contributed by atoms with Gasteiger partial charge in [0.2, 0.25) is 0 Å². The molecule has 0 spiro atoms. The normalized spacial score (nSPS) is 11.3. The first-order valence-corrected chi connectivity index (χ1v) is 8.43. The van der Waals surface area contributed by atoms with Gasteiger partial charge in [0.05, 0.1) is 0 Å². The molecule has 2 aromatic carbocycles. The second kappa shape index (κ2) is 7.70. The predicted octanol–water partition coefficient (Wildman–Crippen LogP) is 4.74. The van der Waals surface area contributed by atoms with E-state index < -0.39 is 0 Å². The van der Waals surface area contributed by atoms with Crippen LogP contribution in [0.1, 0.15) is 16.0 Å². The van der Waals surface area contributed by atoms with Crippen molar-refractivity contribution < 1.29 is 9.18 Å². The molecule has 3 aromatic rings. The van der Waals surface area contributed by atoms with Crippen molar-refractivity contribution in [3.63, 3.8) is 0 Å². The SMILES string of the molecule is O=C(NCc1ccc(F)cc1)/C(=C/c1cccs1)c1ccccc1. The number of carbonyl (C=O) groups is 1. The monoisotopic (exact) mass is 337 g/mol. The molecule has 0 bridgehead atoms. The molecule has 1 aromatic heterocycles. The number of hydrogen-bond acceptors (Lipinski definition) is 2. The molecule has 0 fully saturated rings. The average Bonchev–Trinajstić information content (AvgIpc) is 3.13. The summed E-state index contributed by atoms with van der Waals surface area (Å²) in [5, 5.41) is 4.88. The van der Waals surface area contributed by atoms with Crippen LogP contribution >= 0.6 is 11.3 Å². The van der Waals surface area contributed by atoms with Crippen LogP contribution in [0.2, 0.25) is 0 Å². The lowest BCUT2D eigenvalue weighted by molar-refractivity contribution is -0.115. The van der Waals surface area contributed by atoms with Crippen LogP contribution in [0, 0.1) is 5.82 Å². The molecule has 1 amide bonds. The summed E-state index contributed by atoms with van der Waals surface area (Å²) in [4.78, 5) is 13.7. The van der Waals surface area contributed by atoms with Crippen molar-refractivity contribution in [1.82, 2.24) is 5.32 Å². The topological polar surface area (TPSA) is 29.1 Å². The van der Waals surface area contributed by atoms with Gasteiger partial charge in [-0.1, -0.05) is 48.5 Å². The zero-order chi connectivity index (χ0) is 16.8. The van der Waals surface area contributed by atoms with E-state index in [9.17, 15) is 9.18 Å². The van der Waals surface area contributed by atoms with Crippen LogP contribution in [-0.2, 0) is 11.3 Å². The molecule has 0 aliphatic rings. The zero-order valence-corrected chi connectivity index (χ0v) is 13.7. The lowest BCUT2D eigenvalue weighted by Gasteiger charge is -2.09. The maximum absolute atomic E-state index is 13.0. The van der Waals surface area contributed by atoms with Crippen molar-refractivity contribution in [2.45, 2.75) is 6.54 Å². The molecule has 0 aliphatic carbocycles. The summed E-state index contributed by atoms with van der Waals surface area (Å²) < 4.78 is 13.0. The Morgan fingerprint density at radius 3 is 2.42 bits per heavy atom. The lowest BCUT2D eigenvalue weighted by atomic mass is 10.0. The van der Waals surface area contributed by atoms with Gasteiger partial charge in [-0.15, -0.1) is 11.3 Å². The molecule has 0 atom stereocenters. The number of halogens is 1. The van der Waals surface area contributed by atoms with E-state index >= 15 is 0 Å². The van der Waals surface area contributed by atoms with Gasteiger partial charge in [0.15, 0.2) is 0 Å². The van der Waals surface area contributed by atoms with Gasteiger partial charge in [-0.2, -0.15) is 0 Å². The van der Waals surface area contributed by atoms with E-state index in [1.807, 2.05) is 53.9 Å². The van der Waals surface area contributed by atoms with Crippen molar-refractivity contribution in [2.24, 2.45) is 0 Å².